The van der Waals surface area contributed by atoms with Crippen LogP contribution in [-0.4, -0.2) is 75.5 Å². The summed E-state index contributed by atoms with van der Waals surface area (Å²) in [5, 5.41) is 11.7. The van der Waals surface area contributed by atoms with Crippen molar-refractivity contribution in [3.05, 3.63) is 60.8 Å². The lowest BCUT2D eigenvalue weighted by molar-refractivity contribution is -0.889. The van der Waals surface area contributed by atoms with E-state index in [0.29, 0.717) is 12.8 Å². The molecule has 0 N–H and O–H groups in total. The first-order valence-electron chi connectivity index (χ1n) is 26.8. The molecule has 0 aromatic rings. The third kappa shape index (κ3) is 46.0. The van der Waals surface area contributed by atoms with Gasteiger partial charge in [-0.15, -0.1) is 0 Å². The molecule has 0 fully saturated rings. The Kier molecular flexibility index (Phi) is 45.3. The molecule has 0 aromatic carbocycles. The number of carbonyl (C=O) groups excluding carboxylic acids is 3. The second-order valence-corrected chi connectivity index (χ2v) is 19.1. The van der Waals surface area contributed by atoms with E-state index in [2.05, 4.69) is 74.6 Å². The van der Waals surface area contributed by atoms with Crippen LogP contribution in [0.4, 0.5) is 0 Å². The molecule has 0 aliphatic carbocycles. The van der Waals surface area contributed by atoms with E-state index in [-0.39, 0.29) is 42.7 Å². The van der Waals surface area contributed by atoms with E-state index in [4.69, 9.17) is 14.2 Å². The first-order valence-corrected chi connectivity index (χ1v) is 26.8. The van der Waals surface area contributed by atoms with Crippen LogP contribution in [0, 0.1) is 0 Å². The minimum absolute atomic E-state index is 0.0321. The Balaban J connectivity index is 4.24. The van der Waals surface area contributed by atoms with Crippen LogP contribution in [-0.2, 0) is 28.6 Å². The van der Waals surface area contributed by atoms with Crippen molar-refractivity contribution < 1.29 is 38.2 Å². The Morgan fingerprint density at radius 3 is 1.29 bits per heavy atom. The zero-order valence-corrected chi connectivity index (χ0v) is 42.9. The van der Waals surface area contributed by atoms with E-state index in [0.717, 1.165) is 77.0 Å². The van der Waals surface area contributed by atoms with Crippen LogP contribution in [0.15, 0.2) is 60.8 Å². The van der Waals surface area contributed by atoms with Gasteiger partial charge in [-0.1, -0.05) is 197 Å². The zero-order valence-electron chi connectivity index (χ0n) is 42.9. The fourth-order valence-corrected chi connectivity index (χ4v) is 7.76. The Hall–Kier alpha value is -2.97. The largest absolute Gasteiger partial charge is 0.544 e. The summed E-state index contributed by atoms with van der Waals surface area (Å²) >= 11 is 0. The molecule has 65 heavy (non-hydrogen) atoms. The molecule has 0 bridgehead atoms. The summed E-state index contributed by atoms with van der Waals surface area (Å²) in [6.07, 6.45) is 59.7. The van der Waals surface area contributed by atoms with Gasteiger partial charge in [-0.3, -0.25) is 9.59 Å². The maximum Gasteiger partial charge on any atom is 0.306 e. The number of hydrogen-bond acceptors (Lipinski definition) is 7. The molecule has 0 radical (unpaired) electrons. The molecule has 0 amide bonds. The molecule has 0 aromatic heterocycles. The molecule has 8 heteroatoms. The highest BCUT2D eigenvalue weighted by Crippen LogP contribution is 2.15. The number of carboxylic acid groups (broad SMARTS) is 1. The second kappa shape index (κ2) is 47.5. The third-order valence-electron chi connectivity index (χ3n) is 11.9. The highest BCUT2D eigenvalue weighted by molar-refractivity contribution is 5.70. The molecule has 2 unspecified atom stereocenters. The summed E-state index contributed by atoms with van der Waals surface area (Å²) in [5.74, 6) is -1.75. The van der Waals surface area contributed by atoms with Crippen molar-refractivity contribution in [3.63, 3.8) is 0 Å². The molecule has 0 heterocycles. The van der Waals surface area contributed by atoms with Crippen LogP contribution in [0.5, 0.6) is 0 Å². The molecular formula is C57H101NO7. The Labute approximate surface area is 400 Å². The van der Waals surface area contributed by atoms with E-state index >= 15 is 0 Å². The third-order valence-corrected chi connectivity index (χ3v) is 11.9. The second-order valence-electron chi connectivity index (χ2n) is 19.1. The standard InChI is InChI=1S/C57H101NO7/c1-6-8-10-12-14-16-18-20-22-24-26-27-28-30-31-33-35-37-39-41-43-45-47-55(59)64-52-53(51-63-50-49-54(57(61)62)58(3,4)5)65-56(60)48-46-44-42-40-38-36-34-32-29-25-23-21-19-17-15-13-11-9-7-2/h9,11,15,17,21,23,28-30,32,53-54H,6-8,10,12-14,16,18-20,22,24-27,31,33-52H2,1-5H3/b11-9+,17-15+,23-21+,30-28+,32-29+. The molecule has 8 nitrogen and oxygen atoms in total. The van der Waals surface area contributed by atoms with Crippen molar-refractivity contribution in [2.45, 2.75) is 244 Å². The summed E-state index contributed by atoms with van der Waals surface area (Å²) in [4.78, 5) is 37.1. The van der Waals surface area contributed by atoms with Gasteiger partial charge in [0.05, 0.1) is 40.3 Å². The van der Waals surface area contributed by atoms with Crippen LogP contribution in [0.1, 0.15) is 232 Å². The molecule has 0 saturated carbocycles. The van der Waals surface area contributed by atoms with E-state index in [9.17, 15) is 19.5 Å². The predicted molar refractivity (Wildman–Crippen MR) is 273 cm³/mol. The summed E-state index contributed by atoms with van der Waals surface area (Å²) in [6, 6.07) is -0.732. The molecule has 0 aliphatic heterocycles. The number of aliphatic carboxylic acids is 1. The molecular weight excluding hydrogens is 811 g/mol. The van der Waals surface area contributed by atoms with Crippen LogP contribution < -0.4 is 5.11 Å². The van der Waals surface area contributed by atoms with Crippen LogP contribution in [0.25, 0.3) is 0 Å². The number of nitrogens with zero attached hydrogens (tertiary/aromatic N) is 1. The average molecular weight is 912 g/mol. The minimum Gasteiger partial charge on any atom is -0.544 e. The quantitative estimate of drug-likeness (QED) is 0.0259. The summed E-state index contributed by atoms with van der Waals surface area (Å²) in [6.45, 7) is 4.55. The first-order chi connectivity index (χ1) is 31.6. The maximum atomic E-state index is 12.8. The number of carboxylic acids is 1. The van der Waals surface area contributed by atoms with Gasteiger partial charge in [-0.05, 0) is 77.0 Å². The Bertz CT molecular complexity index is 1250. The summed E-state index contributed by atoms with van der Waals surface area (Å²) in [5.41, 5.74) is 0. The molecule has 2 atom stereocenters. The monoisotopic (exact) mass is 912 g/mol. The Morgan fingerprint density at radius 2 is 0.862 bits per heavy atom. The van der Waals surface area contributed by atoms with Gasteiger partial charge in [-0.2, -0.15) is 0 Å². The van der Waals surface area contributed by atoms with Crippen molar-refractivity contribution in [1.29, 1.82) is 0 Å². The summed E-state index contributed by atoms with van der Waals surface area (Å²) < 4.78 is 17.2. The summed E-state index contributed by atoms with van der Waals surface area (Å²) in [7, 11) is 5.41. The van der Waals surface area contributed by atoms with E-state index < -0.39 is 18.1 Å². The lowest BCUT2D eigenvalue weighted by atomic mass is 10.0. The topological polar surface area (TPSA) is 102 Å². The van der Waals surface area contributed by atoms with Gasteiger partial charge in [0.1, 0.15) is 12.6 Å². The van der Waals surface area contributed by atoms with Crippen molar-refractivity contribution in [2.24, 2.45) is 0 Å². The lowest BCUT2D eigenvalue weighted by Gasteiger charge is -2.34. The maximum absolute atomic E-state index is 12.8. The van der Waals surface area contributed by atoms with Gasteiger partial charge >= 0.3 is 11.9 Å². The number of esters is 2. The fraction of sp³-hybridized carbons (Fsp3) is 0.772. The van der Waals surface area contributed by atoms with Gasteiger partial charge < -0.3 is 28.6 Å². The van der Waals surface area contributed by atoms with Gasteiger partial charge in [0.2, 0.25) is 0 Å². The van der Waals surface area contributed by atoms with Gasteiger partial charge in [0.25, 0.3) is 0 Å². The van der Waals surface area contributed by atoms with Crippen LogP contribution in [0.2, 0.25) is 0 Å². The number of rotatable bonds is 48. The highest BCUT2D eigenvalue weighted by atomic mass is 16.6. The number of ether oxygens (including phenoxy) is 3. The predicted octanol–water partition coefficient (Wildman–Crippen LogP) is 14.4. The molecule has 0 saturated heterocycles. The molecule has 0 spiro atoms. The van der Waals surface area contributed by atoms with E-state index in [1.54, 1.807) is 21.1 Å². The number of unbranched alkanes of at least 4 members (excludes halogenated alkanes) is 24. The average Bonchev–Trinajstić information content (AvgIpc) is 3.27. The number of hydrogen-bond donors (Lipinski definition) is 0. The number of likely N-dealkylation sites (N-methyl/N-ethyl adjacent to an activating group) is 1. The zero-order chi connectivity index (χ0) is 47.7. The number of carbonyl (C=O) groups is 3. The first kappa shape index (κ1) is 62.0. The normalized spacial score (nSPS) is 13.3. The van der Waals surface area contributed by atoms with Crippen LogP contribution in [0.3, 0.4) is 0 Å². The van der Waals surface area contributed by atoms with Gasteiger partial charge in [-0.25, -0.2) is 0 Å². The minimum atomic E-state index is -1.13. The number of allylic oxidation sites excluding steroid dienone is 10. The molecule has 0 aliphatic rings. The van der Waals surface area contributed by atoms with Crippen LogP contribution >= 0.6 is 0 Å². The van der Waals surface area contributed by atoms with Gasteiger partial charge in [0, 0.05) is 19.3 Å². The highest BCUT2D eigenvalue weighted by Gasteiger charge is 2.25. The van der Waals surface area contributed by atoms with Crippen molar-refractivity contribution in [2.75, 3.05) is 41.0 Å². The van der Waals surface area contributed by atoms with Crippen molar-refractivity contribution in [1.82, 2.24) is 0 Å². The van der Waals surface area contributed by atoms with E-state index in [1.165, 1.54) is 122 Å². The van der Waals surface area contributed by atoms with Crippen molar-refractivity contribution in [3.8, 4) is 0 Å². The smallest absolute Gasteiger partial charge is 0.306 e. The molecule has 376 valence electrons. The van der Waals surface area contributed by atoms with E-state index in [1.807, 2.05) is 0 Å². The van der Waals surface area contributed by atoms with Crippen molar-refractivity contribution >= 4 is 17.9 Å². The Morgan fingerprint density at radius 1 is 0.477 bits per heavy atom. The van der Waals surface area contributed by atoms with Gasteiger partial charge in [0.15, 0.2) is 6.10 Å². The lowest BCUT2D eigenvalue weighted by Crippen LogP contribution is -2.55. The molecule has 0 rings (SSSR count). The number of quaternary nitrogens is 1. The SMILES string of the molecule is CC/C=C/C/C=C/C/C=C/C/C=C/CCCCCCCCC(=O)OC(COCCC(C(=O)[O-])[N+](C)(C)C)COC(=O)CCCCCCCCC/C=C/CCCCCCCCCCCCC. The fourth-order valence-electron chi connectivity index (χ4n) is 7.76.